The summed E-state index contributed by atoms with van der Waals surface area (Å²) in [5.41, 5.74) is 2.12. The Labute approximate surface area is 204 Å². The molecule has 0 aromatic carbocycles. The number of allylic oxidation sites excluding steroid dienone is 5. The van der Waals surface area contributed by atoms with Crippen molar-refractivity contribution in [3.05, 3.63) is 65.8 Å². The summed E-state index contributed by atoms with van der Waals surface area (Å²) in [6.45, 7) is 7.48. The van der Waals surface area contributed by atoms with Gasteiger partial charge in [0.2, 0.25) is 0 Å². The van der Waals surface area contributed by atoms with Gasteiger partial charge in [0.1, 0.15) is 9.71 Å². The minimum Gasteiger partial charge on any atom is -0.450 e. The molecule has 34 heavy (non-hydrogen) atoms. The molecule has 175 valence electrons. The van der Waals surface area contributed by atoms with Crippen molar-refractivity contribution >= 4 is 52.3 Å². The van der Waals surface area contributed by atoms with Crippen LogP contribution in [0.3, 0.4) is 0 Å². The average molecular weight is 475 g/mol. The summed E-state index contributed by atoms with van der Waals surface area (Å²) in [7, 11) is 0.934. The average Bonchev–Trinajstić information content (AvgIpc) is 3.19. The van der Waals surface area contributed by atoms with Crippen LogP contribution in [0.25, 0.3) is 10.2 Å². The van der Waals surface area contributed by atoms with Crippen molar-refractivity contribution in [2.75, 3.05) is 10.2 Å². The largest absolute Gasteiger partial charge is 0.450 e. The fourth-order valence-electron chi connectivity index (χ4n) is 4.43. The molecular formula is C25H28BN4O3S. The molecule has 7 nitrogen and oxygen atoms in total. The van der Waals surface area contributed by atoms with Gasteiger partial charge in [-0.05, 0) is 31.1 Å². The molecular weight excluding hydrogens is 447 g/mol. The molecule has 0 spiro atoms. The number of aromatic nitrogens is 1. The predicted octanol–water partition coefficient (Wildman–Crippen LogP) is 5.24. The van der Waals surface area contributed by atoms with E-state index in [9.17, 15) is 14.6 Å². The van der Waals surface area contributed by atoms with Gasteiger partial charge in [0.15, 0.2) is 0 Å². The van der Waals surface area contributed by atoms with Crippen LogP contribution in [-0.2, 0) is 0 Å². The van der Waals surface area contributed by atoms with Crippen LogP contribution in [-0.4, -0.2) is 35.5 Å². The quantitative estimate of drug-likeness (QED) is 0.377. The molecule has 3 amide bonds. The number of amides is 3. The van der Waals surface area contributed by atoms with Gasteiger partial charge in [-0.15, -0.1) is 11.3 Å². The first-order valence-electron chi connectivity index (χ1n) is 11.5. The van der Waals surface area contributed by atoms with Crippen molar-refractivity contribution < 1.29 is 14.6 Å². The van der Waals surface area contributed by atoms with E-state index >= 15 is 0 Å². The van der Waals surface area contributed by atoms with Crippen LogP contribution >= 0.6 is 11.3 Å². The number of rotatable bonds is 7. The molecule has 1 aliphatic carbocycles. The number of anilines is 2. The second-order valence-corrected chi connectivity index (χ2v) is 9.39. The molecule has 1 radical (unpaired) electrons. The van der Waals surface area contributed by atoms with Crippen molar-refractivity contribution in [2.45, 2.75) is 51.0 Å². The maximum Gasteiger partial charge on any atom is 0.331 e. The van der Waals surface area contributed by atoms with Gasteiger partial charge in [-0.1, -0.05) is 62.9 Å². The molecule has 0 unspecified atom stereocenters. The Bertz CT molecular complexity index is 1180. The SMILES string of the molecule is C=C/C([B]O)=C\C=C(/C=C)N1C(=O)Nc2c(C(=O)NC3CCCCCCC3)sc3nccc1c23. The number of hydrogen-bond acceptors (Lipinski definition) is 5. The van der Waals surface area contributed by atoms with Gasteiger partial charge in [0.05, 0.1) is 22.5 Å². The Morgan fingerprint density at radius 1 is 1.21 bits per heavy atom. The summed E-state index contributed by atoms with van der Waals surface area (Å²) >= 11 is 1.28. The zero-order valence-corrected chi connectivity index (χ0v) is 19.9. The van der Waals surface area contributed by atoms with Crippen molar-refractivity contribution in [3.8, 4) is 0 Å². The van der Waals surface area contributed by atoms with Crippen molar-refractivity contribution in [1.82, 2.24) is 10.3 Å². The van der Waals surface area contributed by atoms with Gasteiger partial charge in [0.25, 0.3) is 5.91 Å². The molecule has 0 bridgehead atoms. The van der Waals surface area contributed by atoms with Crippen molar-refractivity contribution in [2.24, 2.45) is 0 Å². The fraction of sp³-hybridized carbons (Fsp3) is 0.320. The van der Waals surface area contributed by atoms with E-state index in [2.05, 4.69) is 28.8 Å². The molecule has 2 aromatic heterocycles. The van der Waals surface area contributed by atoms with E-state index < -0.39 is 6.03 Å². The second kappa shape index (κ2) is 10.8. The number of hydrogen-bond donors (Lipinski definition) is 3. The molecule has 9 heteroatoms. The van der Waals surface area contributed by atoms with E-state index in [-0.39, 0.29) is 11.9 Å². The Morgan fingerprint density at radius 2 is 1.94 bits per heavy atom. The molecule has 0 saturated heterocycles. The molecule has 2 aliphatic rings. The second-order valence-electron chi connectivity index (χ2n) is 8.39. The van der Waals surface area contributed by atoms with Gasteiger partial charge in [-0.25, -0.2) is 9.78 Å². The van der Waals surface area contributed by atoms with E-state index in [1.807, 2.05) is 0 Å². The molecule has 1 fully saturated rings. The zero-order chi connectivity index (χ0) is 24.1. The number of pyridine rings is 1. The summed E-state index contributed by atoms with van der Waals surface area (Å²) in [6.07, 6.45) is 15.9. The van der Waals surface area contributed by atoms with Crippen LogP contribution in [0.1, 0.15) is 54.6 Å². The highest BCUT2D eigenvalue weighted by molar-refractivity contribution is 7.21. The lowest BCUT2D eigenvalue weighted by Gasteiger charge is -2.29. The van der Waals surface area contributed by atoms with E-state index in [1.54, 1.807) is 30.5 Å². The number of carbonyl (C=O) groups is 2. The summed E-state index contributed by atoms with van der Waals surface area (Å²) < 4.78 is 0. The normalized spacial score (nSPS) is 17.6. The first-order valence-corrected chi connectivity index (χ1v) is 12.4. The van der Waals surface area contributed by atoms with Gasteiger partial charge in [0, 0.05) is 12.2 Å². The van der Waals surface area contributed by atoms with Crippen LogP contribution in [0.2, 0.25) is 0 Å². The Morgan fingerprint density at radius 3 is 2.62 bits per heavy atom. The van der Waals surface area contributed by atoms with E-state index in [0.29, 0.717) is 32.3 Å². The minimum absolute atomic E-state index is 0.151. The number of nitrogens with one attached hydrogen (secondary N) is 2. The van der Waals surface area contributed by atoms with E-state index in [0.717, 1.165) is 38.6 Å². The first kappa shape index (κ1) is 24.0. The third-order valence-electron chi connectivity index (χ3n) is 6.19. The van der Waals surface area contributed by atoms with E-state index in [1.165, 1.54) is 41.6 Å². The lowest BCUT2D eigenvalue weighted by atomic mass is 9.87. The zero-order valence-electron chi connectivity index (χ0n) is 19.0. The summed E-state index contributed by atoms with van der Waals surface area (Å²) in [5, 5.41) is 16.1. The Hall–Kier alpha value is -3.17. The monoisotopic (exact) mass is 475 g/mol. The summed E-state index contributed by atoms with van der Waals surface area (Å²) in [5.74, 6) is -0.167. The Balaban J connectivity index is 1.69. The molecule has 1 saturated carbocycles. The number of nitrogens with zero attached hydrogens (tertiary/aromatic N) is 2. The Kier molecular flexibility index (Phi) is 7.64. The standard InChI is InChI=1S/C25H28BN4O3S/c1-3-16(26-33)12-13-18(4-2)30-19-14-15-27-24-20(19)21(29-25(30)32)22(34-24)23(31)28-17-10-8-6-5-7-9-11-17/h3-4,12-15,17,33H,1-2,5-11H2,(H,28,31)(H,29,32)/b16-12+,18-13+. The third-order valence-corrected chi connectivity index (χ3v) is 7.29. The summed E-state index contributed by atoms with van der Waals surface area (Å²) in [4.78, 5) is 33.6. The molecule has 1 aliphatic heterocycles. The highest BCUT2D eigenvalue weighted by Gasteiger charge is 2.33. The maximum atomic E-state index is 13.3. The first-order chi connectivity index (χ1) is 16.6. The van der Waals surface area contributed by atoms with Crippen molar-refractivity contribution in [1.29, 1.82) is 0 Å². The lowest BCUT2D eigenvalue weighted by Crippen LogP contribution is -2.38. The highest BCUT2D eigenvalue weighted by atomic mass is 32.1. The molecule has 3 N–H and O–H groups in total. The highest BCUT2D eigenvalue weighted by Crippen LogP contribution is 2.44. The fourth-order valence-corrected chi connectivity index (χ4v) is 5.45. The van der Waals surface area contributed by atoms with Crippen LogP contribution in [0.4, 0.5) is 16.2 Å². The van der Waals surface area contributed by atoms with Gasteiger partial charge >= 0.3 is 13.5 Å². The summed E-state index contributed by atoms with van der Waals surface area (Å²) in [6, 6.07) is 1.51. The number of urea groups is 1. The van der Waals surface area contributed by atoms with Gasteiger partial charge in [-0.2, -0.15) is 0 Å². The number of thiophene rings is 1. The number of carbonyl (C=O) groups excluding carboxylic acids is 2. The molecule has 0 atom stereocenters. The van der Waals surface area contributed by atoms with Gasteiger partial charge < -0.3 is 15.7 Å². The van der Waals surface area contributed by atoms with Crippen LogP contribution in [0.5, 0.6) is 0 Å². The van der Waals surface area contributed by atoms with E-state index in [4.69, 9.17) is 0 Å². The molecule has 3 heterocycles. The lowest BCUT2D eigenvalue weighted by molar-refractivity contribution is 0.0935. The minimum atomic E-state index is -0.397. The van der Waals surface area contributed by atoms with Gasteiger partial charge in [-0.3, -0.25) is 9.69 Å². The predicted molar refractivity (Wildman–Crippen MR) is 139 cm³/mol. The maximum absolute atomic E-state index is 13.3. The molecule has 4 rings (SSSR count). The van der Waals surface area contributed by atoms with Crippen LogP contribution in [0, 0.1) is 0 Å². The van der Waals surface area contributed by atoms with Crippen LogP contribution < -0.4 is 15.5 Å². The molecule has 2 aromatic rings. The third kappa shape index (κ3) is 4.86. The van der Waals surface area contributed by atoms with Crippen LogP contribution in [0.15, 0.2) is 60.9 Å². The van der Waals surface area contributed by atoms with Crippen molar-refractivity contribution in [3.63, 3.8) is 0 Å². The topological polar surface area (TPSA) is 94.6 Å². The smallest absolute Gasteiger partial charge is 0.331 e.